The lowest BCUT2D eigenvalue weighted by Crippen LogP contribution is -1.87. The first-order valence-corrected chi connectivity index (χ1v) is 6.51. The first-order valence-electron chi connectivity index (χ1n) is 4.13. The molecule has 1 heterocycles. The normalized spacial score (nSPS) is 10.5. The summed E-state index contributed by atoms with van der Waals surface area (Å²) in [5.41, 5.74) is 0.901. The number of nitrogens with zero attached hydrogens (tertiary/aromatic N) is 2. The van der Waals surface area contributed by atoms with E-state index in [2.05, 4.69) is 25.3 Å². The van der Waals surface area contributed by atoms with Crippen molar-refractivity contribution in [3.05, 3.63) is 34.6 Å². The molecule has 3 nitrogen and oxygen atoms in total. The summed E-state index contributed by atoms with van der Waals surface area (Å²) < 4.78 is 5.80. The zero-order chi connectivity index (χ0) is 10.7. The Morgan fingerprint density at radius 1 is 1.47 bits per heavy atom. The van der Waals surface area contributed by atoms with Crippen LogP contribution >= 0.6 is 39.2 Å². The molecule has 0 aliphatic heterocycles. The smallest absolute Gasteiger partial charge is 0.174 e. The Morgan fingerprint density at radius 2 is 2.33 bits per heavy atom. The SMILES string of the molecule is OCc1ccc(Br)cc1Sc1ncns1. The zero-order valence-electron chi connectivity index (χ0n) is 7.55. The van der Waals surface area contributed by atoms with Crippen LogP contribution in [0.25, 0.3) is 0 Å². The number of benzene rings is 1. The predicted octanol–water partition coefficient (Wildman–Crippen LogP) is 2.94. The largest absolute Gasteiger partial charge is 0.392 e. The predicted molar refractivity (Wildman–Crippen MR) is 64.1 cm³/mol. The van der Waals surface area contributed by atoms with Crippen LogP contribution in [0.2, 0.25) is 0 Å². The zero-order valence-corrected chi connectivity index (χ0v) is 10.8. The van der Waals surface area contributed by atoms with E-state index in [4.69, 9.17) is 0 Å². The van der Waals surface area contributed by atoms with Gasteiger partial charge in [0, 0.05) is 9.37 Å². The van der Waals surface area contributed by atoms with E-state index in [1.807, 2.05) is 18.2 Å². The second kappa shape index (κ2) is 5.07. The van der Waals surface area contributed by atoms with Crippen LogP contribution in [0, 0.1) is 0 Å². The minimum absolute atomic E-state index is 0.0361. The molecule has 6 heteroatoms. The molecule has 0 aliphatic rings. The van der Waals surface area contributed by atoms with Gasteiger partial charge in [-0.1, -0.05) is 33.8 Å². The van der Waals surface area contributed by atoms with Crippen molar-refractivity contribution in [2.75, 3.05) is 0 Å². The number of aliphatic hydroxyl groups is 1. The molecule has 1 aromatic carbocycles. The highest BCUT2D eigenvalue weighted by Gasteiger charge is 2.06. The van der Waals surface area contributed by atoms with Crippen LogP contribution in [0.15, 0.2) is 38.2 Å². The second-order valence-corrected chi connectivity index (χ2v) is 5.70. The molecule has 0 atom stereocenters. The topological polar surface area (TPSA) is 46.0 Å². The lowest BCUT2D eigenvalue weighted by Gasteiger charge is -2.04. The van der Waals surface area contributed by atoms with Gasteiger partial charge in [-0.3, -0.25) is 0 Å². The van der Waals surface area contributed by atoms with Crippen LogP contribution in [0.3, 0.4) is 0 Å². The van der Waals surface area contributed by atoms with Gasteiger partial charge in [0.05, 0.1) is 6.61 Å². The van der Waals surface area contributed by atoms with Gasteiger partial charge in [0.1, 0.15) is 6.33 Å². The van der Waals surface area contributed by atoms with Crippen LogP contribution in [0.5, 0.6) is 0 Å². The number of aromatic nitrogens is 2. The standard InChI is InChI=1S/C9H7BrN2OS2/c10-7-2-1-6(4-13)8(3-7)14-9-11-5-12-15-9/h1-3,5,13H,4H2. The van der Waals surface area contributed by atoms with Gasteiger partial charge < -0.3 is 5.11 Å². The van der Waals surface area contributed by atoms with Crippen molar-refractivity contribution < 1.29 is 5.11 Å². The summed E-state index contributed by atoms with van der Waals surface area (Å²) in [4.78, 5) is 5.09. The van der Waals surface area contributed by atoms with E-state index < -0.39 is 0 Å². The molecule has 15 heavy (non-hydrogen) atoms. The van der Waals surface area contributed by atoms with Gasteiger partial charge in [-0.15, -0.1) is 0 Å². The van der Waals surface area contributed by atoms with Crippen molar-refractivity contribution >= 4 is 39.2 Å². The van der Waals surface area contributed by atoms with Crippen molar-refractivity contribution in [1.82, 2.24) is 9.36 Å². The number of rotatable bonds is 3. The molecule has 78 valence electrons. The third-order valence-electron chi connectivity index (χ3n) is 1.74. The van der Waals surface area contributed by atoms with E-state index in [-0.39, 0.29) is 6.61 Å². The fourth-order valence-corrected chi connectivity index (χ4v) is 3.13. The third-order valence-corrected chi connectivity index (χ3v) is 4.05. The molecule has 0 bridgehead atoms. The number of aliphatic hydroxyl groups excluding tert-OH is 1. The second-order valence-electron chi connectivity index (χ2n) is 2.72. The van der Waals surface area contributed by atoms with Gasteiger partial charge in [-0.2, -0.15) is 4.37 Å². The van der Waals surface area contributed by atoms with E-state index in [0.717, 1.165) is 19.3 Å². The Labute approximate surface area is 104 Å². The lowest BCUT2D eigenvalue weighted by molar-refractivity contribution is 0.279. The van der Waals surface area contributed by atoms with E-state index >= 15 is 0 Å². The minimum atomic E-state index is 0.0361. The van der Waals surface area contributed by atoms with Gasteiger partial charge in [0.15, 0.2) is 4.34 Å². The number of hydrogen-bond donors (Lipinski definition) is 1. The maximum Gasteiger partial charge on any atom is 0.174 e. The lowest BCUT2D eigenvalue weighted by atomic mass is 10.2. The van der Waals surface area contributed by atoms with Crippen LogP contribution in [-0.2, 0) is 6.61 Å². The maximum atomic E-state index is 9.18. The Balaban J connectivity index is 2.30. The number of halogens is 1. The summed E-state index contributed by atoms with van der Waals surface area (Å²) in [5, 5.41) is 9.18. The fraction of sp³-hybridized carbons (Fsp3) is 0.111. The number of hydrogen-bond acceptors (Lipinski definition) is 5. The molecule has 0 fully saturated rings. The van der Waals surface area contributed by atoms with Crippen LogP contribution in [0.1, 0.15) is 5.56 Å². The highest BCUT2D eigenvalue weighted by molar-refractivity contribution is 9.10. The fourth-order valence-electron chi connectivity index (χ4n) is 1.06. The Hall–Kier alpha value is -0.430. The molecular weight excluding hydrogens is 296 g/mol. The van der Waals surface area contributed by atoms with Gasteiger partial charge >= 0.3 is 0 Å². The van der Waals surface area contributed by atoms with Crippen LogP contribution in [0.4, 0.5) is 0 Å². The molecule has 0 radical (unpaired) electrons. The van der Waals surface area contributed by atoms with Crippen molar-refractivity contribution in [2.24, 2.45) is 0 Å². The average Bonchev–Trinajstić information content (AvgIpc) is 2.71. The highest BCUT2D eigenvalue weighted by Crippen LogP contribution is 2.32. The van der Waals surface area contributed by atoms with E-state index in [1.54, 1.807) is 0 Å². The molecule has 2 aromatic rings. The summed E-state index contributed by atoms with van der Waals surface area (Å²) in [6, 6.07) is 5.78. The summed E-state index contributed by atoms with van der Waals surface area (Å²) >= 11 is 6.26. The van der Waals surface area contributed by atoms with E-state index in [1.165, 1.54) is 29.6 Å². The molecular formula is C9H7BrN2OS2. The average molecular weight is 303 g/mol. The molecule has 1 N–H and O–H groups in total. The van der Waals surface area contributed by atoms with Gasteiger partial charge in [-0.05, 0) is 29.2 Å². The maximum absolute atomic E-state index is 9.18. The van der Waals surface area contributed by atoms with Crippen molar-refractivity contribution in [2.45, 2.75) is 15.8 Å². The molecule has 2 rings (SSSR count). The van der Waals surface area contributed by atoms with E-state index in [0.29, 0.717) is 0 Å². The summed E-state index contributed by atoms with van der Waals surface area (Å²) in [5.74, 6) is 0. The van der Waals surface area contributed by atoms with Crippen LogP contribution in [-0.4, -0.2) is 14.5 Å². The molecule has 0 saturated carbocycles. The third kappa shape index (κ3) is 2.78. The summed E-state index contributed by atoms with van der Waals surface area (Å²) in [6.07, 6.45) is 1.53. The highest BCUT2D eigenvalue weighted by atomic mass is 79.9. The first kappa shape index (κ1) is 11.1. The van der Waals surface area contributed by atoms with E-state index in [9.17, 15) is 5.11 Å². The van der Waals surface area contributed by atoms with Crippen LogP contribution < -0.4 is 0 Å². The molecule has 0 spiro atoms. The monoisotopic (exact) mass is 302 g/mol. The molecule has 0 aliphatic carbocycles. The first-order chi connectivity index (χ1) is 7.29. The summed E-state index contributed by atoms with van der Waals surface area (Å²) in [6.45, 7) is 0.0361. The van der Waals surface area contributed by atoms with Gasteiger partial charge in [-0.25, -0.2) is 4.98 Å². The minimum Gasteiger partial charge on any atom is -0.392 e. The Morgan fingerprint density at radius 3 is 3.00 bits per heavy atom. The summed E-state index contributed by atoms with van der Waals surface area (Å²) in [7, 11) is 0. The van der Waals surface area contributed by atoms with Gasteiger partial charge in [0.2, 0.25) is 0 Å². The molecule has 1 aromatic heterocycles. The molecule has 0 amide bonds. The molecule has 0 saturated heterocycles. The van der Waals surface area contributed by atoms with Crippen molar-refractivity contribution in [1.29, 1.82) is 0 Å². The van der Waals surface area contributed by atoms with Gasteiger partial charge in [0.25, 0.3) is 0 Å². The van der Waals surface area contributed by atoms with Crippen molar-refractivity contribution in [3.8, 4) is 0 Å². The quantitative estimate of drug-likeness (QED) is 0.947. The Kier molecular flexibility index (Phi) is 3.74. The van der Waals surface area contributed by atoms with Crippen molar-refractivity contribution in [3.63, 3.8) is 0 Å². The Bertz CT molecular complexity index is 447. The molecule has 0 unspecified atom stereocenters.